The van der Waals surface area contributed by atoms with Crippen LogP contribution in [0.3, 0.4) is 0 Å². The van der Waals surface area contributed by atoms with Gasteiger partial charge in [-0.15, -0.1) is 0 Å². The number of amides is 1. The zero-order chi connectivity index (χ0) is 23.9. The van der Waals surface area contributed by atoms with Gasteiger partial charge < -0.3 is 9.47 Å². The second-order valence-electron chi connectivity index (χ2n) is 9.47. The fourth-order valence-electron chi connectivity index (χ4n) is 5.94. The molecule has 2 unspecified atom stereocenters. The maximum atomic E-state index is 13.3. The highest BCUT2D eigenvalue weighted by Gasteiger charge is 2.41. The Morgan fingerprint density at radius 2 is 1.54 bits per heavy atom. The topological polar surface area (TPSA) is 55.8 Å². The molecular formula is C30H27NO4. The second kappa shape index (κ2) is 8.73. The molecule has 2 bridgehead atoms. The van der Waals surface area contributed by atoms with E-state index in [9.17, 15) is 9.59 Å². The Balaban J connectivity index is 1.17. The van der Waals surface area contributed by atoms with E-state index >= 15 is 0 Å². The van der Waals surface area contributed by atoms with Crippen LogP contribution >= 0.6 is 0 Å². The monoisotopic (exact) mass is 465 g/mol. The summed E-state index contributed by atoms with van der Waals surface area (Å²) in [6.45, 7) is 0.342. The molecule has 0 spiro atoms. The molecule has 1 amide bonds. The van der Waals surface area contributed by atoms with Crippen LogP contribution in [-0.4, -0.2) is 42.8 Å². The highest BCUT2D eigenvalue weighted by atomic mass is 16.6. The third-order valence-corrected chi connectivity index (χ3v) is 7.62. The van der Waals surface area contributed by atoms with E-state index in [0.29, 0.717) is 12.2 Å². The summed E-state index contributed by atoms with van der Waals surface area (Å²) in [6.07, 6.45) is 4.67. The van der Waals surface area contributed by atoms with Gasteiger partial charge in [0, 0.05) is 12.0 Å². The minimum absolute atomic E-state index is 0.0414. The van der Waals surface area contributed by atoms with Gasteiger partial charge in [-0.25, -0.2) is 9.59 Å². The van der Waals surface area contributed by atoms with E-state index in [2.05, 4.69) is 54.6 Å². The molecule has 35 heavy (non-hydrogen) atoms. The molecule has 2 heterocycles. The predicted octanol–water partition coefficient (Wildman–Crippen LogP) is 6.04. The third kappa shape index (κ3) is 3.72. The maximum absolute atomic E-state index is 13.3. The first-order chi connectivity index (χ1) is 17.1. The van der Waals surface area contributed by atoms with E-state index in [1.165, 1.54) is 34.9 Å². The number of fused-ring (bicyclic) bond motifs is 5. The van der Waals surface area contributed by atoms with Crippen LogP contribution in [0.1, 0.15) is 52.2 Å². The molecule has 0 N–H and O–H groups in total. The first kappa shape index (κ1) is 21.7. The Hall–Kier alpha value is -3.86. The minimum Gasteiger partial charge on any atom is -0.465 e. The number of carbonyl (C=O) groups excluding carboxylic acids is 2. The minimum atomic E-state index is -0.337. The molecule has 2 atom stereocenters. The highest BCUT2D eigenvalue weighted by Crippen LogP contribution is 2.45. The normalized spacial score (nSPS) is 20.1. The summed E-state index contributed by atoms with van der Waals surface area (Å²) in [7, 11) is 1.38. The van der Waals surface area contributed by atoms with E-state index in [-0.39, 0.29) is 30.1 Å². The van der Waals surface area contributed by atoms with Gasteiger partial charge in [0.25, 0.3) is 0 Å². The van der Waals surface area contributed by atoms with Gasteiger partial charge in [-0.05, 0) is 64.8 Å². The molecule has 176 valence electrons. The van der Waals surface area contributed by atoms with Crippen molar-refractivity contribution < 1.29 is 19.1 Å². The number of methoxy groups -OCH3 is 1. The number of ether oxygens (including phenoxy) is 2. The van der Waals surface area contributed by atoms with Gasteiger partial charge in [0.05, 0.1) is 18.7 Å². The van der Waals surface area contributed by atoms with Crippen LogP contribution in [0.2, 0.25) is 0 Å². The van der Waals surface area contributed by atoms with Crippen molar-refractivity contribution in [3.8, 4) is 11.1 Å². The van der Waals surface area contributed by atoms with Gasteiger partial charge in [-0.1, -0.05) is 66.7 Å². The van der Waals surface area contributed by atoms with Crippen LogP contribution < -0.4 is 0 Å². The number of nitrogens with zero attached hydrogens (tertiary/aromatic N) is 1. The first-order valence-electron chi connectivity index (χ1n) is 12.2. The van der Waals surface area contributed by atoms with Crippen LogP contribution in [0, 0.1) is 0 Å². The standard InChI is InChI=1S/C30H27NO4/c1-34-29(32)20-12-10-19(11-13-20)21-16-22-14-15-23(17-21)31(22)30(33)35-18-28-26-8-4-2-6-24(26)25-7-3-5-9-27(25)28/h2-13,16,22-23,28H,14-15,17-18H2,1H3. The zero-order valence-electron chi connectivity index (χ0n) is 19.6. The van der Waals surface area contributed by atoms with E-state index in [0.717, 1.165) is 24.8 Å². The van der Waals surface area contributed by atoms with Gasteiger partial charge >= 0.3 is 12.1 Å². The van der Waals surface area contributed by atoms with Crippen molar-refractivity contribution in [2.75, 3.05) is 13.7 Å². The van der Waals surface area contributed by atoms with Crippen LogP contribution in [0.5, 0.6) is 0 Å². The Morgan fingerprint density at radius 1 is 0.886 bits per heavy atom. The molecule has 1 saturated heterocycles. The summed E-state index contributed by atoms with van der Waals surface area (Å²) >= 11 is 0. The third-order valence-electron chi connectivity index (χ3n) is 7.62. The van der Waals surface area contributed by atoms with Gasteiger partial charge in [-0.3, -0.25) is 4.90 Å². The van der Waals surface area contributed by atoms with Crippen LogP contribution in [0.25, 0.3) is 16.7 Å². The van der Waals surface area contributed by atoms with Gasteiger partial charge in [0.15, 0.2) is 0 Å². The van der Waals surface area contributed by atoms with Crippen LogP contribution in [0.4, 0.5) is 4.79 Å². The van der Waals surface area contributed by atoms with E-state index in [1.807, 2.05) is 17.0 Å². The smallest absolute Gasteiger partial charge is 0.410 e. The zero-order valence-corrected chi connectivity index (χ0v) is 19.6. The van der Waals surface area contributed by atoms with Crippen molar-refractivity contribution in [2.45, 2.75) is 37.3 Å². The molecule has 0 radical (unpaired) electrons. The molecule has 0 saturated carbocycles. The molecule has 2 aliphatic heterocycles. The molecule has 6 rings (SSSR count). The highest BCUT2D eigenvalue weighted by molar-refractivity contribution is 5.90. The van der Waals surface area contributed by atoms with E-state index < -0.39 is 0 Å². The second-order valence-corrected chi connectivity index (χ2v) is 9.47. The maximum Gasteiger partial charge on any atom is 0.410 e. The molecule has 3 aliphatic rings. The van der Waals surface area contributed by atoms with Crippen molar-refractivity contribution in [1.29, 1.82) is 0 Å². The number of carbonyl (C=O) groups is 2. The molecule has 3 aromatic carbocycles. The number of hydrogen-bond donors (Lipinski definition) is 0. The average molecular weight is 466 g/mol. The fourth-order valence-corrected chi connectivity index (χ4v) is 5.94. The van der Waals surface area contributed by atoms with Crippen LogP contribution in [0.15, 0.2) is 78.9 Å². The van der Waals surface area contributed by atoms with E-state index in [1.54, 1.807) is 12.1 Å². The van der Waals surface area contributed by atoms with Gasteiger partial charge in [0.2, 0.25) is 0 Å². The first-order valence-corrected chi connectivity index (χ1v) is 12.2. The Morgan fingerprint density at radius 3 is 2.17 bits per heavy atom. The quantitative estimate of drug-likeness (QED) is 0.441. The summed E-state index contributed by atoms with van der Waals surface area (Å²) in [5.74, 6) is -0.274. The Kier molecular flexibility index (Phi) is 5.40. The summed E-state index contributed by atoms with van der Waals surface area (Å²) in [4.78, 5) is 26.9. The molecule has 0 aromatic heterocycles. The van der Waals surface area contributed by atoms with Crippen molar-refractivity contribution in [1.82, 2.24) is 4.90 Å². The summed E-state index contributed by atoms with van der Waals surface area (Å²) in [5.41, 5.74) is 7.75. The summed E-state index contributed by atoms with van der Waals surface area (Å²) < 4.78 is 10.8. The number of esters is 1. The van der Waals surface area contributed by atoms with Crippen molar-refractivity contribution >= 4 is 17.6 Å². The van der Waals surface area contributed by atoms with Crippen LogP contribution in [-0.2, 0) is 9.47 Å². The Labute approximate surface area is 205 Å². The molecule has 1 fully saturated rings. The number of benzene rings is 3. The predicted molar refractivity (Wildman–Crippen MR) is 134 cm³/mol. The molecule has 3 aromatic rings. The van der Waals surface area contributed by atoms with Gasteiger partial charge in [0.1, 0.15) is 6.61 Å². The van der Waals surface area contributed by atoms with Crippen molar-refractivity contribution in [3.05, 3.63) is 101 Å². The Bertz CT molecular complexity index is 1280. The van der Waals surface area contributed by atoms with E-state index in [4.69, 9.17) is 9.47 Å². The number of hydrogen-bond acceptors (Lipinski definition) is 4. The fraction of sp³-hybridized carbons (Fsp3) is 0.267. The molecule has 5 nitrogen and oxygen atoms in total. The molecule has 1 aliphatic carbocycles. The lowest BCUT2D eigenvalue weighted by molar-refractivity contribution is 0.0600. The molecular weight excluding hydrogens is 438 g/mol. The lowest BCUT2D eigenvalue weighted by Gasteiger charge is -2.33. The average Bonchev–Trinajstić information content (AvgIpc) is 3.37. The molecule has 5 heteroatoms. The lowest BCUT2D eigenvalue weighted by Crippen LogP contribution is -2.43. The largest absolute Gasteiger partial charge is 0.465 e. The lowest BCUT2D eigenvalue weighted by atomic mass is 9.94. The van der Waals surface area contributed by atoms with Crippen molar-refractivity contribution in [2.24, 2.45) is 0 Å². The summed E-state index contributed by atoms with van der Waals surface area (Å²) in [5, 5.41) is 0. The summed E-state index contributed by atoms with van der Waals surface area (Å²) in [6, 6.07) is 24.5. The number of rotatable bonds is 4. The van der Waals surface area contributed by atoms with Crippen molar-refractivity contribution in [3.63, 3.8) is 0 Å². The van der Waals surface area contributed by atoms with Gasteiger partial charge in [-0.2, -0.15) is 0 Å². The SMILES string of the molecule is COC(=O)c1ccc(C2=CC3CCC(C2)N3C(=O)OCC2c3ccccc3-c3ccccc32)cc1.